The standard InChI is InChI=1S/C19H19F5N4O3S/c20-16(21)11-4-6-28(7-5-11)17-15(8-12(10-26-17)19(22,23)24)18(29)27-13-2-1-3-14(9-13)32(25,30)31/h1-3,8-11,16H,4-7H2,(H,27,29)(H2,25,30,31). The molecule has 0 aliphatic carbocycles. The number of carbonyl (C=O) groups is 1. The van der Waals surface area contributed by atoms with Gasteiger partial charge in [0.05, 0.1) is 16.0 Å². The summed E-state index contributed by atoms with van der Waals surface area (Å²) in [5, 5.41) is 7.40. The van der Waals surface area contributed by atoms with Crippen LogP contribution in [0.15, 0.2) is 41.4 Å². The molecule has 0 unspecified atom stereocenters. The van der Waals surface area contributed by atoms with E-state index in [0.717, 1.165) is 6.07 Å². The molecule has 32 heavy (non-hydrogen) atoms. The number of nitrogens with zero attached hydrogens (tertiary/aromatic N) is 2. The van der Waals surface area contributed by atoms with Crippen LogP contribution in [-0.4, -0.2) is 38.8 Å². The molecule has 1 fully saturated rings. The third-order valence-electron chi connectivity index (χ3n) is 5.05. The van der Waals surface area contributed by atoms with E-state index in [1.54, 1.807) is 0 Å². The van der Waals surface area contributed by atoms with Crippen molar-refractivity contribution in [3.8, 4) is 0 Å². The molecule has 3 rings (SSSR count). The maximum Gasteiger partial charge on any atom is 0.417 e. The van der Waals surface area contributed by atoms with Gasteiger partial charge in [-0.2, -0.15) is 13.2 Å². The van der Waals surface area contributed by atoms with Gasteiger partial charge in [-0.25, -0.2) is 27.3 Å². The number of pyridine rings is 1. The highest BCUT2D eigenvalue weighted by molar-refractivity contribution is 7.89. The summed E-state index contributed by atoms with van der Waals surface area (Å²) < 4.78 is 88.5. The molecule has 3 N–H and O–H groups in total. The highest BCUT2D eigenvalue weighted by atomic mass is 32.2. The van der Waals surface area contributed by atoms with Gasteiger partial charge in [0.1, 0.15) is 5.82 Å². The maximum atomic E-state index is 13.2. The number of amides is 1. The lowest BCUT2D eigenvalue weighted by molar-refractivity contribution is -0.137. The minimum absolute atomic E-state index is 0.0127. The smallest absolute Gasteiger partial charge is 0.356 e. The second kappa shape index (κ2) is 8.98. The molecule has 0 spiro atoms. The van der Waals surface area contributed by atoms with Gasteiger partial charge in [0.15, 0.2) is 0 Å². The molecule has 1 aliphatic rings. The molecule has 2 heterocycles. The summed E-state index contributed by atoms with van der Waals surface area (Å²) in [6, 6.07) is 5.51. The largest absolute Gasteiger partial charge is 0.417 e. The Bertz CT molecular complexity index is 1100. The van der Waals surface area contributed by atoms with Crippen molar-refractivity contribution in [2.24, 2.45) is 11.1 Å². The SMILES string of the molecule is NS(=O)(=O)c1cccc(NC(=O)c2cc(C(F)(F)F)cnc2N2CCC(C(F)F)CC2)c1. The maximum absolute atomic E-state index is 13.2. The van der Waals surface area contributed by atoms with Crippen LogP contribution in [0.4, 0.5) is 33.5 Å². The van der Waals surface area contributed by atoms with E-state index >= 15 is 0 Å². The minimum atomic E-state index is -4.77. The third-order valence-corrected chi connectivity index (χ3v) is 5.97. The number of rotatable bonds is 5. The summed E-state index contributed by atoms with van der Waals surface area (Å²) in [6.45, 7) is 0.184. The van der Waals surface area contributed by atoms with Crippen molar-refractivity contribution in [1.82, 2.24) is 4.98 Å². The first-order valence-electron chi connectivity index (χ1n) is 9.41. The van der Waals surface area contributed by atoms with Crippen molar-refractivity contribution in [3.63, 3.8) is 0 Å². The van der Waals surface area contributed by atoms with Gasteiger partial charge in [-0.05, 0) is 37.1 Å². The Morgan fingerprint density at radius 1 is 1.19 bits per heavy atom. The second-order valence-electron chi connectivity index (χ2n) is 7.28. The Morgan fingerprint density at radius 3 is 2.41 bits per heavy atom. The summed E-state index contributed by atoms with van der Waals surface area (Å²) in [4.78, 5) is 17.8. The number of sulfonamides is 1. The Labute approximate surface area is 180 Å². The van der Waals surface area contributed by atoms with E-state index in [9.17, 15) is 35.2 Å². The van der Waals surface area contributed by atoms with Gasteiger partial charge < -0.3 is 10.2 Å². The van der Waals surface area contributed by atoms with Crippen LogP contribution >= 0.6 is 0 Å². The molecule has 1 aromatic carbocycles. The summed E-state index contributed by atoms with van der Waals surface area (Å²) in [6.07, 6.45) is -6.51. The van der Waals surface area contributed by atoms with E-state index in [1.165, 1.54) is 23.1 Å². The van der Waals surface area contributed by atoms with E-state index < -0.39 is 45.6 Å². The highest BCUT2D eigenvalue weighted by Crippen LogP contribution is 2.34. The lowest BCUT2D eigenvalue weighted by Gasteiger charge is -2.33. The Morgan fingerprint density at radius 2 is 1.84 bits per heavy atom. The van der Waals surface area contributed by atoms with Crippen LogP contribution in [0.1, 0.15) is 28.8 Å². The highest BCUT2D eigenvalue weighted by Gasteiger charge is 2.34. The van der Waals surface area contributed by atoms with Crippen LogP contribution in [0, 0.1) is 5.92 Å². The number of halogens is 5. The topological polar surface area (TPSA) is 105 Å². The molecule has 0 saturated carbocycles. The number of hydrogen-bond donors (Lipinski definition) is 2. The molecule has 1 saturated heterocycles. The molecule has 174 valence electrons. The molecular weight excluding hydrogens is 459 g/mol. The van der Waals surface area contributed by atoms with Crippen LogP contribution in [0.3, 0.4) is 0 Å². The Balaban J connectivity index is 1.93. The van der Waals surface area contributed by atoms with Gasteiger partial charge in [-0.15, -0.1) is 0 Å². The van der Waals surface area contributed by atoms with Crippen LogP contribution in [0.25, 0.3) is 0 Å². The van der Waals surface area contributed by atoms with E-state index in [-0.39, 0.29) is 42.3 Å². The molecule has 7 nitrogen and oxygen atoms in total. The molecule has 1 aromatic heterocycles. The molecule has 13 heteroatoms. The number of anilines is 2. The third kappa shape index (κ3) is 5.51. The van der Waals surface area contributed by atoms with Gasteiger partial charge in [-0.1, -0.05) is 6.07 Å². The zero-order valence-corrected chi connectivity index (χ0v) is 17.3. The first-order chi connectivity index (χ1) is 14.9. The fourth-order valence-electron chi connectivity index (χ4n) is 3.34. The number of alkyl halides is 5. The number of nitrogens with one attached hydrogen (secondary N) is 1. The normalized spacial score (nSPS) is 15.8. The molecule has 0 atom stereocenters. The van der Waals surface area contributed by atoms with Crippen LogP contribution in [0.5, 0.6) is 0 Å². The van der Waals surface area contributed by atoms with Gasteiger partial charge in [0.2, 0.25) is 16.4 Å². The van der Waals surface area contributed by atoms with E-state index in [0.29, 0.717) is 12.3 Å². The van der Waals surface area contributed by atoms with Crippen LogP contribution in [-0.2, 0) is 16.2 Å². The lowest BCUT2D eigenvalue weighted by atomic mass is 9.97. The molecule has 1 amide bonds. The Hall–Kier alpha value is -2.80. The second-order valence-corrected chi connectivity index (χ2v) is 8.84. The number of aromatic nitrogens is 1. The number of carbonyl (C=O) groups excluding carboxylic acids is 1. The quantitative estimate of drug-likeness (QED) is 0.641. The minimum Gasteiger partial charge on any atom is -0.356 e. The van der Waals surface area contributed by atoms with Gasteiger partial charge >= 0.3 is 6.18 Å². The van der Waals surface area contributed by atoms with Crippen LogP contribution < -0.4 is 15.4 Å². The fraction of sp³-hybridized carbons (Fsp3) is 0.368. The van der Waals surface area contributed by atoms with Crippen molar-refractivity contribution in [1.29, 1.82) is 0 Å². The molecule has 0 radical (unpaired) electrons. The number of piperidine rings is 1. The van der Waals surface area contributed by atoms with Crippen molar-refractivity contribution >= 4 is 27.4 Å². The van der Waals surface area contributed by atoms with E-state index in [2.05, 4.69) is 10.3 Å². The summed E-state index contributed by atoms with van der Waals surface area (Å²) in [5.41, 5.74) is -1.59. The molecule has 1 aliphatic heterocycles. The zero-order valence-electron chi connectivity index (χ0n) is 16.4. The van der Waals surface area contributed by atoms with Crippen molar-refractivity contribution in [2.75, 3.05) is 23.3 Å². The molecule has 0 bridgehead atoms. The number of hydrogen-bond acceptors (Lipinski definition) is 5. The zero-order chi connectivity index (χ0) is 23.7. The van der Waals surface area contributed by atoms with Gasteiger partial charge in [-0.3, -0.25) is 4.79 Å². The van der Waals surface area contributed by atoms with E-state index in [1.807, 2.05) is 0 Å². The van der Waals surface area contributed by atoms with Gasteiger partial charge in [0.25, 0.3) is 5.91 Å². The number of nitrogens with two attached hydrogens (primary N) is 1. The van der Waals surface area contributed by atoms with Crippen molar-refractivity contribution in [2.45, 2.75) is 30.3 Å². The van der Waals surface area contributed by atoms with Crippen LogP contribution in [0.2, 0.25) is 0 Å². The van der Waals surface area contributed by atoms with Gasteiger partial charge in [0, 0.05) is 30.9 Å². The first kappa shape index (κ1) is 23.9. The molecular formula is C19H19F5N4O3S. The number of benzene rings is 1. The fourth-order valence-corrected chi connectivity index (χ4v) is 3.90. The molecule has 2 aromatic rings. The number of primary sulfonamides is 1. The summed E-state index contributed by atoms with van der Waals surface area (Å²) in [5.74, 6) is -1.88. The Kier molecular flexibility index (Phi) is 6.69. The predicted octanol–water partition coefficient (Wildman–Crippen LogP) is 3.48. The summed E-state index contributed by atoms with van der Waals surface area (Å²) >= 11 is 0. The van der Waals surface area contributed by atoms with E-state index in [4.69, 9.17) is 5.14 Å². The average Bonchev–Trinajstić information content (AvgIpc) is 2.72. The van der Waals surface area contributed by atoms with Crippen molar-refractivity contribution < 1.29 is 35.2 Å². The van der Waals surface area contributed by atoms with Crippen molar-refractivity contribution in [3.05, 3.63) is 47.7 Å². The first-order valence-corrected chi connectivity index (χ1v) is 11.0. The predicted molar refractivity (Wildman–Crippen MR) is 106 cm³/mol. The lowest BCUT2D eigenvalue weighted by Crippen LogP contribution is -2.37. The monoisotopic (exact) mass is 478 g/mol. The summed E-state index contributed by atoms with van der Waals surface area (Å²) in [7, 11) is -4.07. The average molecular weight is 478 g/mol.